The molecule has 0 bridgehead atoms. The van der Waals surface area contributed by atoms with Crippen LogP contribution in [0.1, 0.15) is 10.4 Å². The standard InChI is InChI=1S/C10H12O5S/c1-16(13,14)7-6-15-9-5-3-2-4-8(9)10(11)12/h2-5H,6-7H2,1H3,(H,11,12). The minimum atomic E-state index is -3.10. The van der Waals surface area contributed by atoms with Crippen molar-refractivity contribution in [2.24, 2.45) is 0 Å². The van der Waals surface area contributed by atoms with Crippen LogP contribution in [-0.4, -0.2) is 38.1 Å². The molecule has 0 atom stereocenters. The lowest BCUT2D eigenvalue weighted by Crippen LogP contribution is -2.13. The van der Waals surface area contributed by atoms with Gasteiger partial charge in [-0.1, -0.05) is 12.1 Å². The minimum absolute atomic E-state index is 0.0241. The number of carboxylic acids is 1. The zero-order valence-corrected chi connectivity index (χ0v) is 9.53. The van der Waals surface area contributed by atoms with Crippen LogP contribution in [0.3, 0.4) is 0 Å². The molecule has 0 aromatic heterocycles. The Balaban J connectivity index is 2.71. The number of carbonyl (C=O) groups is 1. The number of carboxylic acid groups (broad SMARTS) is 1. The molecule has 1 aromatic carbocycles. The fraction of sp³-hybridized carbons (Fsp3) is 0.300. The van der Waals surface area contributed by atoms with Gasteiger partial charge in [0.15, 0.2) is 9.84 Å². The fourth-order valence-corrected chi connectivity index (χ4v) is 1.46. The molecule has 0 saturated carbocycles. The lowest BCUT2D eigenvalue weighted by molar-refractivity contribution is 0.0692. The number of rotatable bonds is 5. The predicted molar refractivity (Wildman–Crippen MR) is 58.6 cm³/mol. The predicted octanol–water partition coefficient (Wildman–Crippen LogP) is 0.808. The van der Waals surface area contributed by atoms with Gasteiger partial charge in [-0.05, 0) is 12.1 Å². The summed E-state index contributed by atoms with van der Waals surface area (Å²) in [5, 5.41) is 8.83. The van der Waals surface area contributed by atoms with E-state index in [0.717, 1.165) is 6.26 Å². The van der Waals surface area contributed by atoms with Crippen LogP contribution >= 0.6 is 0 Å². The van der Waals surface area contributed by atoms with Gasteiger partial charge in [0.25, 0.3) is 0 Å². The lowest BCUT2D eigenvalue weighted by Gasteiger charge is -2.07. The van der Waals surface area contributed by atoms with Gasteiger partial charge in [-0.2, -0.15) is 0 Å². The highest BCUT2D eigenvalue weighted by Crippen LogP contribution is 2.17. The highest BCUT2D eigenvalue weighted by molar-refractivity contribution is 7.90. The normalized spacial score (nSPS) is 11.1. The summed E-state index contributed by atoms with van der Waals surface area (Å²) in [6, 6.07) is 6.10. The average molecular weight is 244 g/mol. The molecule has 0 heterocycles. The summed E-state index contributed by atoms with van der Waals surface area (Å²) in [5.41, 5.74) is 0.0241. The van der Waals surface area contributed by atoms with E-state index in [2.05, 4.69) is 0 Å². The molecule has 0 aliphatic rings. The van der Waals surface area contributed by atoms with Crippen LogP contribution in [-0.2, 0) is 9.84 Å². The Bertz CT molecular complexity index is 478. The van der Waals surface area contributed by atoms with Crippen LogP contribution in [0.5, 0.6) is 5.75 Å². The largest absolute Gasteiger partial charge is 0.492 e. The van der Waals surface area contributed by atoms with Crippen molar-refractivity contribution in [3.63, 3.8) is 0 Å². The highest BCUT2D eigenvalue weighted by Gasteiger charge is 2.10. The SMILES string of the molecule is CS(=O)(=O)CCOc1ccccc1C(=O)O. The molecule has 1 aromatic rings. The Labute approximate surface area is 93.6 Å². The van der Waals surface area contributed by atoms with Crippen LogP contribution in [0.15, 0.2) is 24.3 Å². The van der Waals surface area contributed by atoms with Gasteiger partial charge in [-0.15, -0.1) is 0 Å². The zero-order chi connectivity index (χ0) is 12.2. The minimum Gasteiger partial charge on any atom is -0.492 e. The fourth-order valence-electron chi connectivity index (χ4n) is 1.07. The molecule has 16 heavy (non-hydrogen) atoms. The first kappa shape index (κ1) is 12.5. The molecule has 0 spiro atoms. The van der Waals surface area contributed by atoms with Gasteiger partial charge in [-0.3, -0.25) is 0 Å². The summed E-state index contributed by atoms with van der Waals surface area (Å²) in [6.07, 6.45) is 1.10. The van der Waals surface area contributed by atoms with Crippen molar-refractivity contribution in [2.45, 2.75) is 0 Å². The Hall–Kier alpha value is -1.56. The second-order valence-corrected chi connectivity index (χ2v) is 5.54. The van der Waals surface area contributed by atoms with Gasteiger partial charge < -0.3 is 9.84 Å². The van der Waals surface area contributed by atoms with E-state index >= 15 is 0 Å². The maximum Gasteiger partial charge on any atom is 0.339 e. The van der Waals surface area contributed by atoms with Crippen LogP contribution < -0.4 is 4.74 Å². The molecule has 0 aliphatic heterocycles. The first-order chi connectivity index (χ1) is 7.40. The van der Waals surface area contributed by atoms with E-state index in [9.17, 15) is 13.2 Å². The van der Waals surface area contributed by atoms with Crippen LogP contribution in [0.2, 0.25) is 0 Å². The van der Waals surface area contributed by atoms with Crippen molar-refractivity contribution >= 4 is 15.8 Å². The van der Waals surface area contributed by atoms with Gasteiger partial charge in [0.2, 0.25) is 0 Å². The number of benzene rings is 1. The van der Waals surface area contributed by atoms with E-state index in [1.165, 1.54) is 12.1 Å². The molecule has 1 rings (SSSR count). The first-order valence-electron chi connectivity index (χ1n) is 4.53. The number of hydrogen-bond acceptors (Lipinski definition) is 4. The first-order valence-corrected chi connectivity index (χ1v) is 6.59. The molecule has 0 unspecified atom stereocenters. The van der Waals surface area contributed by atoms with Crippen LogP contribution in [0.4, 0.5) is 0 Å². The van der Waals surface area contributed by atoms with E-state index in [0.29, 0.717) is 0 Å². The second-order valence-electron chi connectivity index (χ2n) is 3.28. The van der Waals surface area contributed by atoms with E-state index < -0.39 is 15.8 Å². The molecule has 0 saturated heterocycles. The molecule has 5 nitrogen and oxygen atoms in total. The lowest BCUT2D eigenvalue weighted by atomic mass is 10.2. The molecule has 88 valence electrons. The van der Waals surface area contributed by atoms with Crippen molar-refractivity contribution in [1.82, 2.24) is 0 Å². The summed E-state index contributed by atoms with van der Waals surface area (Å²) in [6.45, 7) is -0.0525. The third kappa shape index (κ3) is 3.90. The van der Waals surface area contributed by atoms with Crippen LogP contribution in [0, 0.1) is 0 Å². The molecule has 1 N–H and O–H groups in total. The van der Waals surface area contributed by atoms with Crippen molar-refractivity contribution in [3.8, 4) is 5.75 Å². The van der Waals surface area contributed by atoms with E-state index in [1.807, 2.05) is 0 Å². The molecule has 0 fully saturated rings. The van der Waals surface area contributed by atoms with Crippen molar-refractivity contribution in [3.05, 3.63) is 29.8 Å². The summed E-state index contributed by atoms with van der Waals surface area (Å²) < 4.78 is 26.8. The van der Waals surface area contributed by atoms with Crippen molar-refractivity contribution in [2.75, 3.05) is 18.6 Å². The second kappa shape index (κ2) is 4.98. The Morgan fingerprint density at radius 1 is 1.38 bits per heavy atom. The molecule has 0 radical (unpaired) electrons. The third-order valence-corrected chi connectivity index (χ3v) is 2.74. The smallest absolute Gasteiger partial charge is 0.339 e. The van der Waals surface area contributed by atoms with E-state index in [4.69, 9.17) is 9.84 Å². The van der Waals surface area contributed by atoms with Gasteiger partial charge in [0.1, 0.15) is 17.9 Å². The summed E-state index contributed by atoms with van der Waals surface area (Å²) >= 11 is 0. The maximum atomic E-state index is 10.8. The van der Waals surface area contributed by atoms with E-state index in [-0.39, 0.29) is 23.7 Å². The van der Waals surface area contributed by atoms with Crippen LogP contribution in [0.25, 0.3) is 0 Å². The van der Waals surface area contributed by atoms with E-state index in [1.54, 1.807) is 12.1 Å². The number of hydrogen-bond donors (Lipinski definition) is 1. The quantitative estimate of drug-likeness (QED) is 0.828. The molecule has 6 heteroatoms. The molecular formula is C10H12O5S. The monoisotopic (exact) mass is 244 g/mol. The average Bonchev–Trinajstić information content (AvgIpc) is 2.16. The Morgan fingerprint density at radius 2 is 2.00 bits per heavy atom. The van der Waals surface area contributed by atoms with Gasteiger partial charge in [0.05, 0.1) is 5.75 Å². The number of ether oxygens (including phenoxy) is 1. The zero-order valence-electron chi connectivity index (χ0n) is 8.71. The molecule has 0 amide bonds. The number of aromatic carboxylic acids is 1. The maximum absolute atomic E-state index is 10.8. The Kier molecular flexibility index (Phi) is 3.89. The van der Waals surface area contributed by atoms with Crippen molar-refractivity contribution in [1.29, 1.82) is 0 Å². The molecular weight excluding hydrogens is 232 g/mol. The summed E-state index contributed by atoms with van der Waals surface area (Å²) in [7, 11) is -3.10. The van der Waals surface area contributed by atoms with Crippen molar-refractivity contribution < 1.29 is 23.1 Å². The topological polar surface area (TPSA) is 80.7 Å². The van der Waals surface area contributed by atoms with Gasteiger partial charge in [0, 0.05) is 6.26 Å². The summed E-state index contributed by atoms with van der Waals surface area (Å²) in [4.78, 5) is 10.8. The highest BCUT2D eigenvalue weighted by atomic mass is 32.2. The number of para-hydroxylation sites is 1. The summed E-state index contributed by atoms with van der Waals surface area (Å²) in [5.74, 6) is -1.06. The van der Waals surface area contributed by atoms with Gasteiger partial charge >= 0.3 is 5.97 Å². The third-order valence-electron chi connectivity index (χ3n) is 1.83. The molecule has 0 aliphatic carbocycles. The Morgan fingerprint density at radius 3 is 2.56 bits per heavy atom. The van der Waals surface area contributed by atoms with Gasteiger partial charge in [-0.25, -0.2) is 13.2 Å². The number of sulfone groups is 1.